The Morgan fingerprint density at radius 3 is 2.56 bits per heavy atom. The largest absolute Gasteiger partial charge is 0.273 e. The molecule has 0 saturated heterocycles. The van der Waals surface area contributed by atoms with Gasteiger partial charge in [-0.2, -0.15) is 5.10 Å². The maximum Gasteiger partial charge on any atom is 0.240 e. The van der Waals surface area contributed by atoms with Crippen molar-refractivity contribution in [2.75, 3.05) is 0 Å². The van der Waals surface area contributed by atoms with Gasteiger partial charge in [0.05, 0.1) is 0 Å². The minimum atomic E-state index is 0.0110. The second kappa shape index (κ2) is 6.94. The number of hydrazone groups is 1. The van der Waals surface area contributed by atoms with Crippen molar-refractivity contribution in [3.63, 3.8) is 0 Å². The molecule has 1 aromatic rings. The van der Waals surface area contributed by atoms with E-state index in [-0.39, 0.29) is 5.91 Å². The number of aryl methyl sites for hydroxylation is 1. The number of benzene rings is 1. The fraction of sp³-hybridized carbons (Fsp3) is 0.467. The molecule has 0 aliphatic heterocycles. The first-order chi connectivity index (χ1) is 8.84. The van der Waals surface area contributed by atoms with Gasteiger partial charge >= 0.3 is 0 Å². The highest BCUT2D eigenvalue weighted by molar-refractivity contribution is 5.86. The summed E-state index contributed by atoms with van der Waals surface area (Å²) in [6, 6.07) is 10.1. The van der Waals surface area contributed by atoms with E-state index in [2.05, 4.69) is 10.5 Å². The number of carbonyl (C=O) groups is 1. The summed E-state index contributed by atoms with van der Waals surface area (Å²) in [7, 11) is 0. The molecule has 1 aromatic carbocycles. The molecule has 0 bridgehead atoms. The van der Waals surface area contributed by atoms with Gasteiger partial charge in [-0.3, -0.25) is 4.79 Å². The van der Waals surface area contributed by atoms with E-state index in [1.165, 1.54) is 24.8 Å². The van der Waals surface area contributed by atoms with Crippen LogP contribution in [0.25, 0.3) is 0 Å². The monoisotopic (exact) mass is 244 g/mol. The van der Waals surface area contributed by atoms with Crippen LogP contribution in [0.15, 0.2) is 35.4 Å². The number of hydrogen-bond donors (Lipinski definition) is 1. The first kappa shape index (κ1) is 12.8. The maximum atomic E-state index is 11.6. The van der Waals surface area contributed by atoms with E-state index in [1.54, 1.807) is 0 Å². The first-order valence-corrected chi connectivity index (χ1v) is 6.73. The van der Waals surface area contributed by atoms with E-state index in [9.17, 15) is 4.79 Å². The van der Waals surface area contributed by atoms with Crippen molar-refractivity contribution in [2.24, 2.45) is 5.10 Å². The van der Waals surface area contributed by atoms with E-state index in [1.807, 2.05) is 30.3 Å². The molecule has 0 spiro atoms. The lowest BCUT2D eigenvalue weighted by Crippen LogP contribution is -2.20. The molecule has 1 amide bonds. The number of hydrogen-bond acceptors (Lipinski definition) is 2. The van der Waals surface area contributed by atoms with Crippen LogP contribution in [0.5, 0.6) is 0 Å². The molecule has 3 nitrogen and oxygen atoms in total. The smallest absolute Gasteiger partial charge is 0.240 e. The molecule has 0 heterocycles. The Kier molecular flexibility index (Phi) is 4.94. The predicted molar refractivity (Wildman–Crippen MR) is 73.4 cm³/mol. The van der Waals surface area contributed by atoms with Crippen LogP contribution in [0.2, 0.25) is 0 Å². The number of amides is 1. The summed E-state index contributed by atoms with van der Waals surface area (Å²) < 4.78 is 0. The summed E-state index contributed by atoms with van der Waals surface area (Å²) in [5, 5.41) is 4.21. The van der Waals surface area contributed by atoms with Crippen molar-refractivity contribution < 1.29 is 4.79 Å². The minimum absolute atomic E-state index is 0.0110. The highest BCUT2D eigenvalue weighted by Gasteiger charge is 2.07. The van der Waals surface area contributed by atoms with Gasteiger partial charge in [0.25, 0.3) is 0 Å². The van der Waals surface area contributed by atoms with E-state index in [0.29, 0.717) is 6.42 Å². The quantitative estimate of drug-likeness (QED) is 0.813. The van der Waals surface area contributed by atoms with Gasteiger partial charge in [0, 0.05) is 12.1 Å². The maximum absolute atomic E-state index is 11.6. The van der Waals surface area contributed by atoms with E-state index < -0.39 is 0 Å². The Morgan fingerprint density at radius 2 is 1.83 bits per heavy atom. The molecule has 0 atom stereocenters. The number of nitrogens with zero attached hydrogens (tertiary/aromatic N) is 1. The molecule has 1 saturated carbocycles. The normalized spacial score (nSPS) is 15.2. The van der Waals surface area contributed by atoms with Crippen molar-refractivity contribution >= 4 is 11.6 Å². The average molecular weight is 244 g/mol. The Labute approximate surface area is 108 Å². The number of rotatable bonds is 4. The summed E-state index contributed by atoms with van der Waals surface area (Å²) in [5.74, 6) is 0.0110. The molecular formula is C15H20N2O. The highest BCUT2D eigenvalue weighted by Crippen LogP contribution is 2.14. The van der Waals surface area contributed by atoms with Crippen LogP contribution in [0.1, 0.15) is 44.1 Å². The molecule has 1 aliphatic carbocycles. The van der Waals surface area contributed by atoms with Gasteiger partial charge in [-0.15, -0.1) is 0 Å². The standard InChI is InChI=1S/C15H20N2O/c18-15(12-11-13-7-3-1-4-8-13)17-16-14-9-5-2-6-10-14/h1,3-4,7-8H,2,5-6,9-12H2,(H,17,18). The lowest BCUT2D eigenvalue weighted by Gasteiger charge is -2.11. The van der Waals surface area contributed by atoms with Crippen molar-refractivity contribution in [3.8, 4) is 0 Å². The fourth-order valence-electron chi connectivity index (χ4n) is 2.17. The van der Waals surface area contributed by atoms with Crippen molar-refractivity contribution in [2.45, 2.75) is 44.9 Å². The predicted octanol–water partition coefficient (Wildman–Crippen LogP) is 3.06. The van der Waals surface area contributed by atoms with Crippen molar-refractivity contribution in [1.29, 1.82) is 0 Å². The van der Waals surface area contributed by atoms with Crippen LogP contribution in [-0.4, -0.2) is 11.6 Å². The topological polar surface area (TPSA) is 41.5 Å². The molecular weight excluding hydrogens is 224 g/mol. The third kappa shape index (κ3) is 4.32. The second-order valence-corrected chi connectivity index (χ2v) is 4.76. The zero-order valence-electron chi connectivity index (χ0n) is 10.7. The fourth-order valence-corrected chi connectivity index (χ4v) is 2.17. The summed E-state index contributed by atoms with van der Waals surface area (Å²) in [6.45, 7) is 0. The zero-order valence-corrected chi connectivity index (χ0v) is 10.7. The third-order valence-electron chi connectivity index (χ3n) is 3.25. The number of nitrogens with one attached hydrogen (secondary N) is 1. The third-order valence-corrected chi connectivity index (χ3v) is 3.25. The minimum Gasteiger partial charge on any atom is -0.273 e. The Hall–Kier alpha value is -1.64. The lowest BCUT2D eigenvalue weighted by molar-refractivity contribution is -0.121. The Morgan fingerprint density at radius 1 is 1.11 bits per heavy atom. The van der Waals surface area contributed by atoms with Gasteiger partial charge in [0.1, 0.15) is 0 Å². The van der Waals surface area contributed by atoms with Gasteiger partial charge in [-0.1, -0.05) is 36.8 Å². The van der Waals surface area contributed by atoms with Gasteiger partial charge in [-0.25, -0.2) is 5.43 Å². The molecule has 96 valence electrons. The van der Waals surface area contributed by atoms with Gasteiger partial charge in [-0.05, 0) is 37.7 Å². The van der Waals surface area contributed by atoms with Crippen molar-refractivity contribution in [3.05, 3.63) is 35.9 Å². The van der Waals surface area contributed by atoms with Gasteiger partial charge in [0.15, 0.2) is 0 Å². The SMILES string of the molecule is O=C(CCc1ccccc1)NN=C1CCCCC1. The summed E-state index contributed by atoms with van der Waals surface area (Å²) >= 11 is 0. The Bertz CT molecular complexity index is 404. The first-order valence-electron chi connectivity index (χ1n) is 6.73. The van der Waals surface area contributed by atoms with E-state index in [4.69, 9.17) is 0 Å². The average Bonchev–Trinajstić information content (AvgIpc) is 2.45. The summed E-state index contributed by atoms with van der Waals surface area (Å²) in [6.07, 6.45) is 7.06. The van der Waals surface area contributed by atoms with Crippen LogP contribution in [-0.2, 0) is 11.2 Å². The van der Waals surface area contributed by atoms with Crippen LogP contribution < -0.4 is 5.43 Å². The lowest BCUT2D eigenvalue weighted by atomic mass is 9.99. The van der Waals surface area contributed by atoms with Crippen LogP contribution in [0, 0.1) is 0 Å². The molecule has 18 heavy (non-hydrogen) atoms. The summed E-state index contributed by atoms with van der Waals surface area (Å²) in [5.41, 5.74) is 5.01. The van der Waals surface area contributed by atoms with E-state index in [0.717, 1.165) is 25.0 Å². The Balaban J connectivity index is 1.72. The van der Waals surface area contributed by atoms with Crippen LogP contribution in [0.3, 0.4) is 0 Å². The molecule has 1 fully saturated rings. The molecule has 0 radical (unpaired) electrons. The second-order valence-electron chi connectivity index (χ2n) is 4.76. The summed E-state index contributed by atoms with van der Waals surface area (Å²) in [4.78, 5) is 11.6. The molecule has 2 rings (SSSR count). The molecule has 1 aliphatic rings. The van der Waals surface area contributed by atoms with Crippen LogP contribution >= 0.6 is 0 Å². The zero-order chi connectivity index (χ0) is 12.6. The highest BCUT2D eigenvalue weighted by atomic mass is 16.2. The molecule has 0 aromatic heterocycles. The molecule has 1 N–H and O–H groups in total. The van der Waals surface area contributed by atoms with E-state index >= 15 is 0 Å². The number of carbonyl (C=O) groups excluding carboxylic acids is 1. The molecule has 0 unspecified atom stereocenters. The molecule has 3 heteroatoms. The van der Waals surface area contributed by atoms with Crippen molar-refractivity contribution in [1.82, 2.24) is 5.43 Å². The van der Waals surface area contributed by atoms with Crippen LogP contribution in [0.4, 0.5) is 0 Å². The van der Waals surface area contributed by atoms with Gasteiger partial charge < -0.3 is 0 Å². The van der Waals surface area contributed by atoms with Gasteiger partial charge in [0.2, 0.25) is 5.91 Å².